The van der Waals surface area contributed by atoms with Crippen LogP contribution in [0.3, 0.4) is 0 Å². The molecular weight excluding hydrogens is 353 g/mol. The molecule has 0 saturated carbocycles. The van der Waals surface area contributed by atoms with Crippen molar-refractivity contribution in [3.05, 3.63) is 66.1 Å². The fraction of sp³-hybridized carbons (Fsp3) is 0.292. The molecule has 0 unspecified atom stereocenters. The molecule has 1 aromatic heterocycles. The van der Waals surface area contributed by atoms with Crippen LogP contribution >= 0.6 is 0 Å². The molecule has 0 N–H and O–H groups in total. The molecule has 4 heteroatoms. The van der Waals surface area contributed by atoms with E-state index in [1.165, 1.54) is 18.2 Å². The lowest BCUT2D eigenvalue weighted by atomic mass is 10.0. The number of benzene rings is 2. The Balaban J connectivity index is 2.13. The lowest BCUT2D eigenvalue weighted by molar-refractivity contribution is -0.137. The Morgan fingerprint density at radius 1 is 1.14 bits per heavy atom. The molecule has 0 aliphatic heterocycles. The largest absolute Gasteiger partial charge is 0.463 e. The predicted molar refractivity (Wildman–Crippen MR) is 113 cm³/mol. The van der Waals surface area contributed by atoms with Gasteiger partial charge in [0.05, 0.1) is 12.3 Å². The van der Waals surface area contributed by atoms with E-state index in [1.54, 1.807) is 12.1 Å². The number of esters is 1. The smallest absolute Gasteiger partial charge is 0.330 e. The monoisotopic (exact) mass is 379 g/mol. The zero-order valence-electron chi connectivity index (χ0n) is 16.6. The number of para-hydroxylation sites is 1. The second-order valence-corrected chi connectivity index (χ2v) is 7.10. The molecule has 0 spiro atoms. The van der Waals surface area contributed by atoms with E-state index < -0.39 is 0 Å². The minimum atomic E-state index is -0.348. The van der Waals surface area contributed by atoms with E-state index in [0.29, 0.717) is 6.61 Å². The van der Waals surface area contributed by atoms with E-state index >= 15 is 0 Å². The third-order valence-corrected chi connectivity index (χ3v) is 4.72. The molecule has 0 aliphatic carbocycles. The lowest BCUT2D eigenvalue weighted by Crippen LogP contribution is -2.05. The Morgan fingerprint density at radius 3 is 2.54 bits per heavy atom. The average molecular weight is 379 g/mol. The SMILES string of the molecule is CCCCOC(=O)C=Cc1c(-c2ccc(F)cc2)c2ccccc2n1C(C)C. The summed E-state index contributed by atoms with van der Waals surface area (Å²) >= 11 is 0. The first kappa shape index (κ1) is 19.9. The standard InChI is InChI=1S/C24H26FNO2/c1-4-5-16-28-23(27)15-14-22-24(18-10-12-19(25)13-11-18)20-8-6-7-9-21(20)26(22)17(2)3/h6-15,17H,4-5,16H2,1-3H3. The molecule has 0 atom stereocenters. The van der Waals surface area contributed by atoms with Gasteiger partial charge in [-0.2, -0.15) is 0 Å². The molecule has 0 saturated heterocycles. The van der Waals surface area contributed by atoms with Gasteiger partial charge < -0.3 is 9.30 Å². The number of hydrogen-bond donors (Lipinski definition) is 0. The van der Waals surface area contributed by atoms with E-state index in [9.17, 15) is 9.18 Å². The first-order valence-corrected chi connectivity index (χ1v) is 9.76. The van der Waals surface area contributed by atoms with Crippen LogP contribution in [0.5, 0.6) is 0 Å². The van der Waals surface area contributed by atoms with E-state index in [4.69, 9.17) is 4.74 Å². The maximum atomic E-state index is 13.5. The molecule has 0 bridgehead atoms. The van der Waals surface area contributed by atoms with Gasteiger partial charge in [-0.3, -0.25) is 0 Å². The number of fused-ring (bicyclic) bond motifs is 1. The number of ether oxygens (including phenoxy) is 1. The van der Waals surface area contributed by atoms with Gasteiger partial charge in [0, 0.05) is 28.6 Å². The molecule has 2 aromatic carbocycles. The Bertz CT molecular complexity index is 984. The van der Waals surface area contributed by atoms with Gasteiger partial charge in [-0.25, -0.2) is 9.18 Å². The molecule has 0 radical (unpaired) electrons. The van der Waals surface area contributed by atoms with Crippen molar-refractivity contribution >= 4 is 22.9 Å². The van der Waals surface area contributed by atoms with Crippen LogP contribution in [0, 0.1) is 5.82 Å². The predicted octanol–water partition coefficient (Wildman–Crippen LogP) is 6.38. The van der Waals surface area contributed by atoms with Gasteiger partial charge in [-0.15, -0.1) is 0 Å². The molecule has 1 heterocycles. The summed E-state index contributed by atoms with van der Waals surface area (Å²) in [6.45, 7) is 6.70. The quantitative estimate of drug-likeness (QED) is 0.271. The summed E-state index contributed by atoms with van der Waals surface area (Å²) < 4.78 is 20.9. The highest BCUT2D eigenvalue weighted by Crippen LogP contribution is 2.37. The van der Waals surface area contributed by atoms with Crippen molar-refractivity contribution in [3.8, 4) is 11.1 Å². The van der Waals surface area contributed by atoms with Crippen LogP contribution in [-0.2, 0) is 9.53 Å². The number of halogens is 1. The number of hydrogen-bond acceptors (Lipinski definition) is 2. The molecule has 28 heavy (non-hydrogen) atoms. The van der Waals surface area contributed by atoms with Gasteiger partial charge in [0.2, 0.25) is 0 Å². The maximum absolute atomic E-state index is 13.5. The zero-order valence-corrected chi connectivity index (χ0v) is 16.6. The molecular formula is C24H26FNO2. The minimum Gasteiger partial charge on any atom is -0.463 e. The highest BCUT2D eigenvalue weighted by atomic mass is 19.1. The van der Waals surface area contributed by atoms with E-state index in [2.05, 4.69) is 37.5 Å². The average Bonchev–Trinajstić information content (AvgIpc) is 3.01. The van der Waals surface area contributed by atoms with E-state index in [1.807, 2.05) is 18.2 Å². The van der Waals surface area contributed by atoms with Crippen LogP contribution in [-0.4, -0.2) is 17.1 Å². The van der Waals surface area contributed by atoms with Crippen molar-refractivity contribution in [1.29, 1.82) is 0 Å². The highest BCUT2D eigenvalue weighted by Gasteiger charge is 2.18. The van der Waals surface area contributed by atoms with Crippen molar-refractivity contribution in [2.45, 2.75) is 39.7 Å². The molecule has 3 nitrogen and oxygen atoms in total. The molecule has 146 valence electrons. The van der Waals surface area contributed by atoms with Crippen molar-refractivity contribution in [2.24, 2.45) is 0 Å². The van der Waals surface area contributed by atoms with Crippen molar-refractivity contribution < 1.29 is 13.9 Å². The van der Waals surface area contributed by atoms with Crippen LogP contribution in [0.4, 0.5) is 4.39 Å². The first-order valence-electron chi connectivity index (χ1n) is 9.76. The van der Waals surface area contributed by atoms with Crippen LogP contribution in [0.1, 0.15) is 45.3 Å². The van der Waals surface area contributed by atoms with E-state index in [-0.39, 0.29) is 17.8 Å². The number of rotatable bonds is 7. The summed E-state index contributed by atoms with van der Waals surface area (Å²) in [6.07, 6.45) is 5.13. The molecule has 0 amide bonds. The topological polar surface area (TPSA) is 31.2 Å². The van der Waals surface area contributed by atoms with E-state index in [0.717, 1.165) is 40.6 Å². The van der Waals surface area contributed by atoms with Crippen LogP contribution in [0.15, 0.2) is 54.6 Å². The number of aromatic nitrogens is 1. The Labute approximate surface area is 165 Å². The second kappa shape index (κ2) is 8.87. The summed E-state index contributed by atoms with van der Waals surface area (Å²) in [5.74, 6) is -0.619. The molecule has 3 aromatic rings. The van der Waals surface area contributed by atoms with Gasteiger partial charge in [0.1, 0.15) is 5.82 Å². The minimum absolute atomic E-state index is 0.190. The van der Waals surface area contributed by atoms with Gasteiger partial charge >= 0.3 is 5.97 Å². The fourth-order valence-corrected chi connectivity index (χ4v) is 3.44. The fourth-order valence-electron chi connectivity index (χ4n) is 3.44. The summed E-state index contributed by atoms with van der Waals surface area (Å²) in [6, 6.07) is 14.8. The van der Waals surface area contributed by atoms with Gasteiger partial charge in [0.15, 0.2) is 0 Å². The number of unbranched alkanes of at least 4 members (excludes halogenated alkanes) is 1. The third-order valence-electron chi connectivity index (χ3n) is 4.72. The van der Waals surface area contributed by atoms with Crippen molar-refractivity contribution in [3.63, 3.8) is 0 Å². The summed E-state index contributed by atoms with van der Waals surface area (Å²) in [5.41, 5.74) is 3.89. The summed E-state index contributed by atoms with van der Waals surface area (Å²) in [4.78, 5) is 12.1. The summed E-state index contributed by atoms with van der Waals surface area (Å²) in [7, 11) is 0. The molecule has 0 aliphatic rings. The summed E-state index contributed by atoms with van der Waals surface area (Å²) in [5, 5.41) is 1.07. The first-order chi connectivity index (χ1) is 13.5. The van der Waals surface area contributed by atoms with Gasteiger partial charge in [-0.1, -0.05) is 43.7 Å². The lowest BCUT2D eigenvalue weighted by Gasteiger charge is -2.13. The van der Waals surface area contributed by atoms with Crippen LogP contribution < -0.4 is 0 Å². The second-order valence-electron chi connectivity index (χ2n) is 7.10. The Kier molecular flexibility index (Phi) is 6.30. The maximum Gasteiger partial charge on any atom is 0.330 e. The Morgan fingerprint density at radius 2 is 1.86 bits per heavy atom. The zero-order chi connectivity index (χ0) is 20.1. The Hall–Kier alpha value is -2.88. The van der Waals surface area contributed by atoms with Gasteiger partial charge in [0.25, 0.3) is 0 Å². The van der Waals surface area contributed by atoms with Crippen LogP contribution in [0.2, 0.25) is 0 Å². The highest BCUT2D eigenvalue weighted by molar-refractivity contribution is 6.02. The number of carbonyl (C=O) groups excluding carboxylic acids is 1. The molecule has 0 fully saturated rings. The van der Waals surface area contributed by atoms with Crippen LogP contribution in [0.25, 0.3) is 28.1 Å². The molecule has 3 rings (SSSR count). The number of nitrogens with zero attached hydrogens (tertiary/aromatic N) is 1. The third kappa shape index (κ3) is 4.16. The van der Waals surface area contributed by atoms with Crippen molar-refractivity contribution in [2.75, 3.05) is 6.61 Å². The van der Waals surface area contributed by atoms with Gasteiger partial charge in [-0.05, 0) is 50.1 Å². The normalized spacial score (nSPS) is 11.6. The van der Waals surface area contributed by atoms with Crippen molar-refractivity contribution in [1.82, 2.24) is 4.57 Å². The number of carbonyl (C=O) groups is 1.